The molecule has 8 heteroatoms. The Balaban J connectivity index is 1.45. The Labute approximate surface area is 162 Å². The number of sulfonamides is 1. The van der Waals surface area contributed by atoms with Gasteiger partial charge < -0.3 is 10.3 Å². The van der Waals surface area contributed by atoms with Crippen molar-refractivity contribution in [3.63, 3.8) is 0 Å². The summed E-state index contributed by atoms with van der Waals surface area (Å²) < 4.78 is 28.8. The summed E-state index contributed by atoms with van der Waals surface area (Å²) in [5.74, 6) is 0.625. The van der Waals surface area contributed by atoms with Crippen molar-refractivity contribution in [2.75, 3.05) is 13.1 Å². The molecule has 142 valence electrons. The number of hydrogen-bond donors (Lipinski definition) is 3. The van der Waals surface area contributed by atoms with Gasteiger partial charge in [0.05, 0.1) is 0 Å². The third-order valence-electron chi connectivity index (χ3n) is 5.34. The number of hydrogen-bond acceptors (Lipinski definition) is 5. The van der Waals surface area contributed by atoms with Crippen LogP contribution < -0.4 is 10.0 Å². The summed E-state index contributed by atoms with van der Waals surface area (Å²) in [4.78, 5) is 8.81. The third-order valence-corrected chi connectivity index (χ3v) is 8.47. The molecule has 5 rings (SSSR count). The fourth-order valence-corrected chi connectivity index (χ4v) is 6.37. The van der Waals surface area contributed by atoms with E-state index in [0.29, 0.717) is 10.1 Å². The smallest absolute Gasteiger partial charge is 0.250 e. The van der Waals surface area contributed by atoms with Crippen molar-refractivity contribution in [2.24, 2.45) is 0 Å². The summed E-state index contributed by atoms with van der Waals surface area (Å²) in [5, 5.41) is 4.32. The van der Waals surface area contributed by atoms with E-state index in [-0.39, 0.29) is 6.04 Å². The van der Waals surface area contributed by atoms with Crippen molar-refractivity contribution in [2.45, 2.75) is 41.9 Å². The van der Waals surface area contributed by atoms with Crippen LogP contribution in [0.15, 0.2) is 34.7 Å². The molecule has 3 aromatic rings. The van der Waals surface area contributed by atoms with E-state index in [1.165, 1.54) is 29.9 Å². The first-order valence-electron chi connectivity index (χ1n) is 9.41. The van der Waals surface area contributed by atoms with E-state index >= 15 is 0 Å². The van der Waals surface area contributed by atoms with Gasteiger partial charge in [0.1, 0.15) is 9.86 Å². The number of aromatic nitrogens is 2. The zero-order chi connectivity index (χ0) is 18.4. The first-order chi connectivity index (χ1) is 13.1. The average Bonchev–Trinajstić information content (AvgIpc) is 3.22. The average molecular weight is 403 g/mol. The zero-order valence-corrected chi connectivity index (χ0v) is 16.5. The molecule has 3 aromatic heterocycles. The van der Waals surface area contributed by atoms with Crippen LogP contribution in [0.3, 0.4) is 0 Å². The Morgan fingerprint density at radius 3 is 2.70 bits per heavy atom. The molecule has 6 nitrogen and oxygen atoms in total. The number of fused-ring (bicyclic) bond motifs is 1. The van der Waals surface area contributed by atoms with E-state index in [1.807, 2.05) is 12.1 Å². The molecule has 1 aliphatic heterocycles. The highest BCUT2D eigenvalue weighted by molar-refractivity contribution is 7.91. The fourth-order valence-electron chi connectivity index (χ4n) is 3.70. The summed E-state index contributed by atoms with van der Waals surface area (Å²) in [6, 6.07) is 7.77. The van der Waals surface area contributed by atoms with Crippen molar-refractivity contribution < 1.29 is 8.42 Å². The van der Waals surface area contributed by atoms with Crippen LogP contribution in [0.5, 0.6) is 0 Å². The second kappa shape index (κ2) is 6.70. The molecule has 0 bridgehead atoms. The summed E-state index contributed by atoms with van der Waals surface area (Å²) in [5.41, 5.74) is 3.15. The molecule has 3 N–H and O–H groups in total. The zero-order valence-electron chi connectivity index (χ0n) is 14.9. The van der Waals surface area contributed by atoms with Crippen molar-refractivity contribution in [1.29, 1.82) is 0 Å². The van der Waals surface area contributed by atoms with E-state index in [9.17, 15) is 8.42 Å². The number of aromatic amines is 1. The maximum Gasteiger partial charge on any atom is 0.250 e. The monoisotopic (exact) mass is 402 g/mol. The molecule has 4 heterocycles. The van der Waals surface area contributed by atoms with Gasteiger partial charge in [0.2, 0.25) is 10.0 Å². The number of piperidine rings is 1. The number of H-pyrrole nitrogens is 1. The van der Waals surface area contributed by atoms with Crippen LogP contribution in [0, 0.1) is 0 Å². The Morgan fingerprint density at radius 2 is 1.93 bits per heavy atom. The number of nitrogens with zero attached hydrogens (tertiary/aromatic N) is 1. The minimum absolute atomic E-state index is 0.0141. The molecule has 0 aromatic carbocycles. The molecule has 1 saturated carbocycles. The van der Waals surface area contributed by atoms with Gasteiger partial charge in [-0.1, -0.05) is 0 Å². The molecular formula is C19H22N4O2S2. The van der Waals surface area contributed by atoms with Crippen LogP contribution >= 0.6 is 11.3 Å². The summed E-state index contributed by atoms with van der Waals surface area (Å²) in [6.07, 6.45) is 5.90. The van der Waals surface area contributed by atoms with Crippen molar-refractivity contribution in [1.82, 2.24) is 20.0 Å². The largest absolute Gasteiger partial charge is 0.343 e. The molecule has 27 heavy (non-hydrogen) atoms. The Kier molecular flexibility index (Phi) is 4.31. The van der Waals surface area contributed by atoms with Gasteiger partial charge >= 0.3 is 0 Å². The Morgan fingerprint density at radius 1 is 1.11 bits per heavy atom. The second-order valence-electron chi connectivity index (χ2n) is 7.38. The molecule has 2 aliphatic rings. The first-order valence-corrected chi connectivity index (χ1v) is 11.7. The highest BCUT2D eigenvalue weighted by Crippen LogP contribution is 2.42. The van der Waals surface area contributed by atoms with Crippen LogP contribution in [0.4, 0.5) is 0 Å². The second-order valence-corrected chi connectivity index (χ2v) is 10.4. The number of rotatable bonds is 5. The van der Waals surface area contributed by atoms with Gasteiger partial charge in [-0.3, -0.25) is 0 Å². The van der Waals surface area contributed by atoms with E-state index in [1.54, 1.807) is 12.3 Å². The van der Waals surface area contributed by atoms with Crippen molar-refractivity contribution in [3.8, 4) is 10.4 Å². The maximum atomic E-state index is 12.8. The maximum absolute atomic E-state index is 12.8. The van der Waals surface area contributed by atoms with Crippen LogP contribution in [-0.4, -0.2) is 37.5 Å². The molecule has 1 aliphatic carbocycles. The van der Waals surface area contributed by atoms with Gasteiger partial charge in [-0.25, -0.2) is 18.1 Å². The van der Waals surface area contributed by atoms with Gasteiger partial charge in [-0.15, -0.1) is 11.3 Å². The lowest BCUT2D eigenvalue weighted by molar-refractivity contribution is 0.427. The Bertz CT molecular complexity index is 1080. The number of thiophene rings is 1. The molecule has 2 fully saturated rings. The lowest BCUT2D eigenvalue weighted by Crippen LogP contribution is -2.42. The minimum atomic E-state index is -3.48. The van der Waals surface area contributed by atoms with Crippen LogP contribution in [0.1, 0.15) is 37.3 Å². The molecule has 0 radical (unpaired) electrons. The van der Waals surface area contributed by atoms with Gasteiger partial charge in [0.15, 0.2) is 0 Å². The predicted molar refractivity (Wildman–Crippen MR) is 108 cm³/mol. The highest BCUT2D eigenvalue weighted by Gasteiger charge is 2.27. The summed E-state index contributed by atoms with van der Waals surface area (Å²) in [7, 11) is -3.48. The van der Waals surface area contributed by atoms with Gasteiger partial charge in [-0.2, -0.15) is 0 Å². The first kappa shape index (κ1) is 17.4. The van der Waals surface area contributed by atoms with Gasteiger partial charge in [0.25, 0.3) is 0 Å². The summed E-state index contributed by atoms with van der Waals surface area (Å²) in [6.45, 7) is 1.71. The van der Waals surface area contributed by atoms with Gasteiger partial charge in [0, 0.05) is 33.8 Å². The van der Waals surface area contributed by atoms with E-state index < -0.39 is 10.0 Å². The Hall–Kier alpha value is -1.74. The van der Waals surface area contributed by atoms with Crippen molar-refractivity contribution in [3.05, 3.63) is 36.2 Å². The summed E-state index contributed by atoms with van der Waals surface area (Å²) >= 11 is 1.32. The third kappa shape index (κ3) is 3.42. The molecule has 0 unspecified atom stereocenters. The molecule has 0 amide bonds. The van der Waals surface area contributed by atoms with Crippen LogP contribution in [0.25, 0.3) is 21.5 Å². The van der Waals surface area contributed by atoms with E-state index in [2.05, 4.69) is 26.1 Å². The van der Waals surface area contributed by atoms with Crippen LogP contribution in [-0.2, 0) is 10.0 Å². The van der Waals surface area contributed by atoms with E-state index in [4.69, 9.17) is 0 Å². The van der Waals surface area contributed by atoms with E-state index in [0.717, 1.165) is 47.4 Å². The van der Waals surface area contributed by atoms with Crippen LogP contribution in [0.2, 0.25) is 0 Å². The molecule has 0 atom stereocenters. The quantitative estimate of drug-likeness (QED) is 0.612. The molecule has 1 saturated heterocycles. The van der Waals surface area contributed by atoms with Crippen molar-refractivity contribution >= 4 is 32.4 Å². The fraction of sp³-hybridized carbons (Fsp3) is 0.421. The number of nitrogens with one attached hydrogen (secondary N) is 3. The molecule has 0 spiro atoms. The predicted octanol–water partition coefficient (Wildman–Crippen LogP) is 3.20. The SMILES string of the molecule is O=S(=O)(NC1CCNCC1)c1ccc(-c2ccnc3[nH]c(C4CC4)cc23)s1. The number of pyridine rings is 1. The highest BCUT2D eigenvalue weighted by atomic mass is 32.2. The molecular weight excluding hydrogens is 380 g/mol. The normalized spacial score (nSPS) is 19.0. The lowest BCUT2D eigenvalue weighted by Gasteiger charge is -2.23. The topological polar surface area (TPSA) is 86.9 Å². The minimum Gasteiger partial charge on any atom is -0.343 e. The van der Waals surface area contributed by atoms with Gasteiger partial charge in [-0.05, 0) is 69.0 Å². The lowest BCUT2D eigenvalue weighted by atomic mass is 10.1. The standard InChI is InChI=1S/C19H22N4O2S2/c24-27(25,23-13-5-8-20-9-6-13)18-4-3-17(26-18)14-7-10-21-19-15(14)11-16(22-19)12-1-2-12/h3-4,7,10-13,20,23H,1-2,5-6,8-9H2,(H,21,22).